The van der Waals surface area contributed by atoms with E-state index in [-0.39, 0.29) is 11.9 Å². The van der Waals surface area contributed by atoms with Crippen LogP contribution in [-0.4, -0.2) is 21.5 Å². The molecule has 1 aromatic heterocycles. The quantitative estimate of drug-likeness (QED) is 0.936. The minimum Gasteiger partial charge on any atom is -0.353 e. The predicted octanol–water partition coefficient (Wildman–Crippen LogP) is 2.32. The first-order valence-electron chi connectivity index (χ1n) is 6.73. The summed E-state index contributed by atoms with van der Waals surface area (Å²) in [6.45, 7) is 0.928. The zero-order valence-corrected chi connectivity index (χ0v) is 12.6. The summed E-state index contributed by atoms with van der Waals surface area (Å²) in [7, 11) is 0. The molecule has 1 amide bonds. The maximum absolute atomic E-state index is 12.1. The number of amides is 1. The lowest BCUT2D eigenvalue weighted by Crippen LogP contribution is -2.40. The molecular weight excluding hydrogens is 318 g/mol. The molecule has 4 nitrogen and oxygen atoms in total. The third kappa shape index (κ3) is 3.10. The highest BCUT2D eigenvalue weighted by Crippen LogP contribution is 2.15. The first-order chi connectivity index (χ1) is 9.70. The number of nitrogens with zero attached hydrogens (tertiary/aromatic N) is 2. The number of hydrogen-bond acceptors (Lipinski definition) is 2. The van der Waals surface area contributed by atoms with E-state index in [1.54, 1.807) is 0 Å². The smallest absolute Gasteiger partial charge is 0.224 e. The van der Waals surface area contributed by atoms with Gasteiger partial charge in [-0.2, -0.15) is 0 Å². The van der Waals surface area contributed by atoms with Gasteiger partial charge in [0.1, 0.15) is 0 Å². The summed E-state index contributed by atoms with van der Waals surface area (Å²) in [4.78, 5) is 16.2. The SMILES string of the molecule is O=C(Cc1cccc(Br)c1)NC1CCn2cncc2C1. The summed E-state index contributed by atoms with van der Waals surface area (Å²) in [6.07, 6.45) is 5.99. The Hall–Kier alpha value is -1.62. The van der Waals surface area contributed by atoms with Crippen LogP contribution < -0.4 is 5.32 Å². The Morgan fingerprint density at radius 3 is 3.25 bits per heavy atom. The molecule has 1 aliphatic heterocycles. The first kappa shape index (κ1) is 13.4. The third-order valence-electron chi connectivity index (χ3n) is 3.59. The fraction of sp³-hybridized carbons (Fsp3) is 0.333. The van der Waals surface area contributed by atoms with Gasteiger partial charge in [0.15, 0.2) is 0 Å². The van der Waals surface area contributed by atoms with Crippen molar-refractivity contribution in [2.75, 3.05) is 0 Å². The zero-order chi connectivity index (χ0) is 13.9. The number of hydrogen-bond donors (Lipinski definition) is 1. The second-order valence-corrected chi connectivity index (χ2v) is 6.06. The van der Waals surface area contributed by atoms with Crippen molar-refractivity contribution in [2.24, 2.45) is 0 Å². The van der Waals surface area contributed by atoms with Crippen molar-refractivity contribution >= 4 is 21.8 Å². The lowest BCUT2D eigenvalue weighted by atomic mass is 10.0. The summed E-state index contributed by atoms with van der Waals surface area (Å²) in [5.41, 5.74) is 2.22. The van der Waals surface area contributed by atoms with E-state index in [0.717, 1.165) is 29.4 Å². The summed E-state index contributed by atoms with van der Waals surface area (Å²) >= 11 is 3.42. The Morgan fingerprint density at radius 1 is 1.50 bits per heavy atom. The summed E-state index contributed by atoms with van der Waals surface area (Å²) in [5.74, 6) is 0.0843. The topological polar surface area (TPSA) is 46.9 Å². The molecule has 3 rings (SSSR count). The van der Waals surface area contributed by atoms with Crippen LogP contribution in [-0.2, 0) is 24.2 Å². The van der Waals surface area contributed by atoms with E-state index in [1.165, 1.54) is 5.69 Å². The number of nitrogens with one attached hydrogen (secondary N) is 1. The van der Waals surface area contributed by atoms with Gasteiger partial charge < -0.3 is 9.88 Å². The van der Waals surface area contributed by atoms with Crippen molar-refractivity contribution in [1.29, 1.82) is 0 Å². The predicted molar refractivity (Wildman–Crippen MR) is 80.3 cm³/mol. The van der Waals surface area contributed by atoms with Crippen LogP contribution in [0.1, 0.15) is 17.7 Å². The van der Waals surface area contributed by atoms with E-state index >= 15 is 0 Å². The van der Waals surface area contributed by atoms with Crippen molar-refractivity contribution in [1.82, 2.24) is 14.9 Å². The Balaban J connectivity index is 1.57. The van der Waals surface area contributed by atoms with E-state index in [1.807, 2.05) is 36.8 Å². The van der Waals surface area contributed by atoms with Crippen molar-refractivity contribution in [2.45, 2.75) is 31.8 Å². The largest absolute Gasteiger partial charge is 0.353 e. The zero-order valence-electron chi connectivity index (χ0n) is 11.1. The Bertz CT molecular complexity index is 623. The second kappa shape index (κ2) is 5.79. The maximum atomic E-state index is 12.1. The van der Waals surface area contributed by atoms with E-state index < -0.39 is 0 Å². The molecule has 1 aromatic carbocycles. The average molecular weight is 334 g/mol. The van der Waals surface area contributed by atoms with Gasteiger partial charge in [0.05, 0.1) is 12.7 Å². The normalized spacial score (nSPS) is 17.6. The first-order valence-corrected chi connectivity index (χ1v) is 7.53. The van der Waals surface area contributed by atoms with Crippen LogP contribution in [0.3, 0.4) is 0 Å². The van der Waals surface area contributed by atoms with Crippen LogP contribution in [0.25, 0.3) is 0 Å². The van der Waals surface area contributed by atoms with Crippen LogP contribution in [0.15, 0.2) is 41.3 Å². The number of carbonyl (C=O) groups is 1. The van der Waals surface area contributed by atoms with Gasteiger partial charge in [-0.25, -0.2) is 4.98 Å². The standard InChI is InChI=1S/C15H16BrN3O/c16-12-3-1-2-11(6-12)7-15(20)18-13-4-5-19-10-17-9-14(19)8-13/h1-3,6,9-10,13H,4-5,7-8H2,(H,18,20). The fourth-order valence-electron chi connectivity index (χ4n) is 2.60. The molecule has 0 spiro atoms. The van der Waals surface area contributed by atoms with Gasteiger partial charge in [0.25, 0.3) is 0 Å². The van der Waals surface area contributed by atoms with Crippen LogP contribution in [0.4, 0.5) is 0 Å². The van der Waals surface area contributed by atoms with E-state index in [0.29, 0.717) is 6.42 Å². The molecule has 0 saturated carbocycles. The van der Waals surface area contributed by atoms with Crippen molar-refractivity contribution in [3.8, 4) is 0 Å². The molecule has 0 fully saturated rings. The summed E-state index contributed by atoms with van der Waals surface area (Å²) < 4.78 is 3.15. The molecule has 5 heteroatoms. The van der Waals surface area contributed by atoms with Gasteiger partial charge in [-0.05, 0) is 24.1 Å². The monoisotopic (exact) mass is 333 g/mol. The van der Waals surface area contributed by atoms with Crippen LogP contribution in [0, 0.1) is 0 Å². The molecule has 0 saturated heterocycles. The molecule has 20 heavy (non-hydrogen) atoms. The molecule has 2 aromatic rings. The number of halogens is 1. The van der Waals surface area contributed by atoms with E-state index in [9.17, 15) is 4.79 Å². The number of aryl methyl sites for hydroxylation is 1. The average Bonchev–Trinajstić information content (AvgIpc) is 2.86. The molecule has 2 heterocycles. The third-order valence-corrected chi connectivity index (χ3v) is 4.08. The highest BCUT2D eigenvalue weighted by molar-refractivity contribution is 9.10. The lowest BCUT2D eigenvalue weighted by Gasteiger charge is -2.24. The Morgan fingerprint density at radius 2 is 2.40 bits per heavy atom. The van der Waals surface area contributed by atoms with Gasteiger partial charge in [-0.1, -0.05) is 28.1 Å². The van der Waals surface area contributed by atoms with Crippen molar-refractivity contribution < 1.29 is 4.79 Å². The van der Waals surface area contributed by atoms with Gasteiger partial charge >= 0.3 is 0 Å². The molecule has 1 atom stereocenters. The fourth-order valence-corrected chi connectivity index (χ4v) is 3.05. The minimum absolute atomic E-state index is 0.0843. The number of imidazole rings is 1. The van der Waals surface area contributed by atoms with Crippen molar-refractivity contribution in [3.63, 3.8) is 0 Å². The summed E-state index contributed by atoms with van der Waals surface area (Å²) in [6, 6.07) is 8.09. The van der Waals surface area contributed by atoms with Crippen LogP contribution >= 0.6 is 15.9 Å². The van der Waals surface area contributed by atoms with Crippen molar-refractivity contribution in [3.05, 3.63) is 52.5 Å². The Labute approximate surface area is 126 Å². The number of carbonyl (C=O) groups excluding carboxylic acids is 1. The van der Waals surface area contributed by atoms with E-state index in [2.05, 4.69) is 30.8 Å². The molecule has 1 aliphatic rings. The number of fused-ring (bicyclic) bond motifs is 1. The lowest BCUT2D eigenvalue weighted by molar-refractivity contribution is -0.121. The summed E-state index contributed by atoms with van der Waals surface area (Å²) in [5, 5.41) is 3.12. The molecule has 0 bridgehead atoms. The number of aromatic nitrogens is 2. The van der Waals surface area contributed by atoms with Crippen LogP contribution in [0.5, 0.6) is 0 Å². The second-order valence-electron chi connectivity index (χ2n) is 5.14. The minimum atomic E-state index is 0.0843. The molecule has 0 aliphatic carbocycles. The maximum Gasteiger partial charge on any atom is 0.224 e. The Kier molecular flexibility index (Phi) is 3.87. The van der Waals surface area contributed by atoms with Gasteiger partial charge in [0, 0.05) is 35.4 Å². The van der Waals surface area contributed by atoms with Crippen LogP contribution in [0.2, 0.25) is 0 Å². The number of rotatable bonds is 3. The van der Waals surface area contributed by atoms with Gasteiger partial charge in [-0.15, -0.1) is 0 Å². The molecule has 0 radical (unpaired) electrons. The van der Waals surface area contributed by atoms with E-state index in [4.69, 9.17) is 0 Å². The molecule has 1 unspecified atom stereocenters. The molecular formula is C15H16BrN3O. The molecule has 1 N–H and O–H groups in total. The van der Waals surface area contributed by atoms with Gasteiger partial charge in [0.2, 0.25) is 5.91 Å². The molecule has 104 valence electrons. The van der Waals surface area contributed by atoms with Gasteiger partial charge in [-0.3, -0.25) is 4.79 Å². The number of benzene rings is 1. The highest BCUT2D eigenvalue weighted by atomic mass is 79.9. The highest BCUT2D eigenvalue weighted by Gasteiger charge is 2.20.